The third-order valence-corrected chi connectivity index (χ3v) is 4.48. The zero-order valence-corrected chi connectivity index (χ0v) is 13.7. The monoisotopic (exact) mass is 369 g/mol. The van der Waals surface area contributed by atoms with Crippen LogP contribution in [0.5, 0.6) is 0 Å². The number of allylic oxidation sites excluding steroid dienone is 4. The Labute approximate surface area is 131 Å². The first-order chi connectivity index (χ1) is 9.79. The molecule has 0 fully saturated rings. The molecule has 1 aromatic rings. The van der Waals surface area contributed by atoms with Crippen molar-refractivity contribution in [3.05, 3.63) is 52.0 Å². The predicted octanol–water partition coefficient (Wildman–Crippen LogP) is 2.99. The summed E-state index contributed by atoms with van der Waals surface area (Å²) < 4.78 is 29.4. The van der Waals surface area contributed by atoms with Crippen LogP contribution in [0.2, 0.25) is 0 Å². The molecule has 0 N–H and O–H groups in total. The van der Waals surface area contributed by atoms with Crippen LogP contribution in [0.1, 0.15) is 13.8 Å². The predicted molar refractivity (Wildman–Crippen MR) is 82.4 cm³/mol. The fraction of sp³-hybridized carbons (Fsp3) is 0.143. The van der Waals surface area contributed by atoms with Crippen LogP contribution in [0.4, 0.5) is 0 Å². The molecule has 0 saturated heterocycles. The molecule has 2 rings (SSSR count). The van der Waals surface area contributed by atoms with Crippen molar-refractivity contribution in [3.8, 4) is 0 Å². The Kier molecular flexibility index (Phi) is 4.43. The van der Waals surface area contributed by atoms with Gasteiger partial charge < -0.3 is 0 Å². The molecule has 0 saturated carbocycles. The summed E-state index contributed by atoms with van der Waals surface area (Å²) in [5.41, 5.74) is 1.34. The fourth-order valence-electron chi connectivity index (χ4n) is 1.61. The Bertz CT molecular complexity index is 774. The molecule has 7 heteroatoms. The van der Waals surface area contributed by atoms with E-state index in [1.807, 2.05) is 0 Å². The van der Waals surface area contributed by atoms with Crippen LogP contribution in [-0.4, -0.2) is 19.9 Å². The van der Waals surface area contributed by atoms with Gasteiger partial charge in [-0.1, -0.05) is 21.1 Å². The van der Waals surface area contributed by atoms with Crippen molar-refractivity contribution in [1.29, 1.82) is 0 Å². The molecule has 0 unspecified atom stereocenters. The van der Waals surface area contributed by atoms with Crippen molar-refractivity contribution in [1.82, 2.24) is 0 Å². The van der Waals surface area contributed by atoms with Crippen LogP contribution < -0.4 is 0 Å². The van der Waals surface area contributed by atoms with Gasteiger partial charge in [-0.25, -0.2) is 0 Å². The van der Waals surface area contributed by atoms with E-state index in [1.54, 1.807) is 26.0 Å². The first kappa shape index (κ1) is 15.7. The van der Waals surface area contributed by atoms with E-state index in [4.69, 9.17) is 4.28 Å². The average molecular weight is 370 g/mol. The summed E-state index contributed by atoms with van der Waals surface area (Å²) in [5.74, 6) is -0.123. The van der Waals surface area contributed by atoms with Gasteiger partial charge in [-0.05, 0) is 61.4 Å². The average Bonchev–Trinajstić information content (AvgIpc) is 2.42. The Hall–Kier alpha value is -1.73. The van der Waals surface area contributed by atoms with E-state index in [0.29, 0.717) is 16.9 Å². The second-order valence-electron chi connectivity index (χ2n) is 4.48. The van der Waals surface area contributed by atoms with Gasteiger partial charge in [0, 0.05) is 4.47 Å². The maximum absolute atomic E-state index is 12.0. The Balaban J connectivity index is 2.26. The second kappa shape index (κ2) is 5.95. The van der Waals surface area contributed by atoms with Crippen LogP contribution >= 0.6 is 15.9 Å². The summed E-state index contributed by atoms with van der Waals surface area (Å²) in [5, 5.41) is 3.64. The van der Waals surface area contributed by atoms with Crippen molar-refractivity contribution < 1.29 is 17.5 Å². The van der Waals surface area contributed by atoms with Gasteiger partial charge in [-0.15, -0.1) is 0 Å². The number of ketones is 1. The van der Waals surface area contributed by atoms with Gasteiger partial charge in [-0.3, -0.25) is 9.08 Å². The molecule has 0 radical (unpaired) electrons. The molecule has 0 bridgehead atoms. The lowest BCUT2D eigenvalue weighted by Crippen LogP contribution is -2.12. The highest BCUT2D eigenvalue weighted by atomic mass is 79.9. The number of nitrogens with zero attached hydrogens (tertiary/aromatic N) is 1. The largest absolute Gasteiger partial charge is 0.358 e. The lowest BCUT2D eigenvalue weighted by Gasteiger charge is -2.09. The minimum absolute atomic E-state index is 0.00395. The molecule has 21 heavy (non-hydrogen) atoms. The first-order valence-corrected chi connectivity index (χ1v) is 8.18. The maximum Gasteiger partial charge on any atom is 0.358 e. The lowest BCUT2D eigenvalue weighted by atomic mass is 9.99. The summed E-state index contributed by atoms with van der Waals surface area (Å²) in [6.07, 6.45) is 2.89. The highest BCUT2D eigenvalue weighted by Gasteiger charge is 2.18. The fourth-order valence-corrected chi connectivity index (χ4v) is 2.60. The summed E-state index contributed by atoms with van der Waals surface area (Å²) in [6.45, 7) is 3.29. The first-order valence-electron chi connectivity index (χ1n) is 5.98. The van der Waals surface area contributed by atoms with E-state index in [9.17, 15) is 13.2 Å². The molecule has 0 heterocycles. The van der Waals surface area contributed by atoms with Gasteiger partial charge >= 0.3 is 10.1 Å². The number of oxime groups is 1. The van der Waals surface area contributed by atoms with Crippen LogP contribution in [0.3, 0.4) is 0 Å². The van der Waals surface area contributed by atoms with E-state index in [2.05, 4.69) is 21.1 Å². The van der Waals surface area contributed by atoms with Gasteiger partial charge in [0.05, 0.1) is 0 Å². The Morgan fingerprint density at radius 2 is 1.67 bits per heavy atom. The van der Waals surface area contributed by atoms with E-state index in [0.717, 1.165) is 4.47 Å². The molecule has 0 aliphatic heterocycles. The van der Waals surface area contributed by atoms with Crippen molar-refractivity contribution >= 4 is 37.5 Å². The van der Waals surface area contributed by atoms with E-state index < -0.39 is 10.1 Å². The minimum atomic E-state index is -3.98. The quantitative estimate of drug-likeness (QED) is 0.606. The summed E-state index contributed by atoms with van der Waals surface area (Å²) in [7, 11) is -3.98. The van der Waals surface area contributed by atoms with Crippen molar-refractivity contribution in [2.24, 2.45) is 5.16 Å². The zero-order chi connectivity index (χ0) is 15.6. The number of carbonyl (C=O) groups is 1. The zero-order valence-electron chi connectivity index (χ0n) is 11.3. The number of hydrogen-bond acceptors (Lipinski definition) is 5. The normalized spacial score (nSPS) is 17.5. The summed E-state index contributed by atoms with van der Waals surface area (Å²) in [4.78, 5) is 11.4. The molecule has 0 spiro atoms. The molecule has 1 aliphatic rings. The number of carbonyl (C=O) groups excluding carboxylic acids is 1. The molecule has 5 nitrogen and oxygen atoms in total. The van der Waals surface area contributed by atoms with Gasteiger partial charge in [0.25, 0.3) is 0 Å². The molecule has 1 aliphatic carbocycles. The maximum atomic E-state index is 12.0. The van der Waals surface area contributed by atoms with Gasteiger partial charge in [0.2, 0.25) is 0 Å². The number of benzene rings is 1. The standard InChI is InChI=1S/C14H12BrNO4S/c1-9-8-14(17)10(2)7-13(9)16-20-21(18,19)12-5-3-11(15)4-6-12/h3-8H,1-2H3. The topological polar surface area (TPSA) is 72.8 Å². The number of halogens is 1. The van der Waals surface area contributed by atoms with Gasteiger partial charge in [0.15, 0.2) is 5.78 Å². The molecule has 110 valence electrons. The van der Waals surface area contributed by atoms with Crippen molar-refractivity contribution in [3.63, 3.8) is 0 Å². The Morgan fingerprint density at radius 3 is 2.29 bits per heavy atom. The van der Waals surface area contributed by atoms with E-state index >= 15 is 0 Å². The van der Waals surface area contributed by atoms with Crippen LogP contribution in [0.15, 0.2) is 62.1 Å². The van der Waals surface area contributed by atoms with E-state index in [1.165, 1.54) is 24.3 Å². The van der Waals surface area contributed by atoms with Crippen molar-refractivity contribution in [2.75, 3.05) is 0 Å². The molecule has 0 amide bonds. The third kappa shape index (κ3) is 3.68. The number of hydrogen-bond donors (Lipinski definition) is 0. The third-order valence-electron chi connectivity index (χ3n) is 2.83. The molecular formula is C14H12BrNO4S. The summed E-state index contributed by atoms with van der Waals surface area (Å²) >= 11 is 3.22. The Morgan fingerprint density at radius 1 is 1.05 bits per heavy atom. The summed E-state index contributed by atoms with van der Waals surface area (Å²) in [6, 6.07) is 6.01. The van der Waals surface area contributed by atoms with Crippen molar-refractivity contribution in [2.45, 2.75) is 18.7 Å². The SMILES string of the molecule is CC1=CC(=NOS(=O)(=O)c2ccc(Br)cc2)C(C)=CC1=O. The highest BCUT2D eigenvalue weighted by molar-refractivity contribution is 9.10. The molecule has 0 aromatic heterocycles. The van der Waals surface area contributed by atoms with Crippen LogP contribution in [0.25, 0.3) is 0 Å². The van der Waals surface area contributed by atoms with Crippen LogP contribution in [-0.2, 0) is 19.2 Å². The number of rotatable bonds is 3. The second-order valence-corrected chi connectivity index (χ2v) is 6.92. The van der Waals surface area contributed by atoms with Crippen LogP contribution in [0, 0.1) is 0 Å². The van der Waals surface area contributed by atoms with Gasteiger partial charge in [-0.2, -0.15) is 8.42 Å². The van der Waals surface area contributed by atoms with Gasteiger partial charge in [0.1, 0.15) is 10.6 Å². The molecule has 1 aromatic carbocycles. The smallest absolute Gasteiger partial charge is 0.290 e. The minimum Gasteiger partial charge on any atom is -0.290 e. The molecular weight excluding hydrogens is 358 g/mol. The lowest BCUT2D eigenvalue weighted by molar-refractivity contribution is -0.111. The highest BCUT2D eigenvalue weighted by Crippen LogP contribution is 2.18. The molecule has 0 atom stereocenters. The van der Waals surface area contributed by atoms with E-state index in [-0.39, 0.29) is 10.7 Å².